The maximum absolute atomic E-state index is 5.91. The van der Waals surface area contributed by atoms with Gasteiger partial charge in [-0.05, 0) is 48.0 Å². The van der Waals surface area contributed by atoms with Crippen molar-refractivity contribution in [2.24, 2.45) is 5.92 Å². The molecule has 0 aromatic carbocycles. The lowest BCUT2D eigenvalue weighted by Gasteiger charge is -2.47. The fraction of sp³-hybridized carbons (Fsp3) is 0.909. The van der Waals surface area contributed by atoms with E-state index in [0.717, 1.165) is 38.9 Å². The van der Waals surface area contributed by atoms with E-state index in [4.69, 9.17) is 14.2 Å². The predicted molar refractivity (Wildman–Crippen MR) is 106 cm³/mol. The van der Waals surface area contributed by atoms with Crippen molar-refractivity contribution in [3.63, 3.8) is 0 Å². The summed E-state index contributed by atoms with van der Waals surface area (Å²) < 4.78 is 17.4. The third-order valence-electron chi connectivity index (χ3n) is 4.94. The molecule has 2 rings (SSSR count). The van der Waals surface area contributed by atoms with Crippen LogP contribution in [0.1, 0.15) is 67.2 Å². The second-order valence-electron chi connectivity index (χ2n) is 9.73. The van der Waals surface area contributed by atoms with Crippen LogP contribution in [0.3, 0.4) is 0 Å². The number of unbranched alkanes of at least 4 members (excludes halogenated alkanes) is 1. The summed E-state index contributed by atoms with van der Waals surface area (Å²) in [6, 6.07) is 0. The van der Waals surface area contributed by atoms with E-state index in [1.165, 1.54) is 13.1 Å². The molecule has 1 aliphatic carbocycles. The monoisotopic (exact) mass is 365 g/mol. The van der Waals surface area contributed by atoms with Gasteiger partial charge in [0.15, 0.2) is 0 Å². The molecule has 2 aliphatic rings. The van der Waals surface area contributed by atoms with Crippen molar-refractivity contribution < 1.29 is 14.2 Å². The summed E-state index contributed by atoms with van der Waals surface area (Å²) in [5.74, 6) is 7.01. The fourth-order valence-electron chi connectivity index (χ4n) is 3.28. The number of ether oxygens (including phenoxy) is 3. The van der Waals surface area contributed by atoms with E-state index in [0.29, 0.717) is 30.3 Å². The van der Waals surface area contributed by atoms with Crippen LogP contribution in [-0.2, 0) is 14.2 Å². The van der Waals surface area contributed by atoms with Gasteiger partial charge >= 0.3 is 0 Å². The second kappa shape index (κ2) is 9.55. The zero-order chi connectivity index (χ0) is 19.2. The smallest absolute Gasteiger partial charge is 0.108 e. The molecule has 150 valence electrons. The number of likely N-dealkylation sites (tertiary alicyclic amines) is 1. The van der Waals surface area contributed by atoms with Gasteiger partial charge in [-0.3, -0.25) is 4.90 Å². The highest BCUT2D eigenvalue weighted by molar-refractivity contribution is 4.99. The van der Waals surface area contributed by atoms with E-state index in [1.807, 2.05) is 0 Å². The van der Waals surface area contributed by atoms with Gasteiger partial charge in [0.05, 0.1) is 24.4 Å². The Morgan fingerprint density at radius 1 is 0.962 bits per heavy atom. The van der Waals surface area contributed by atoms with E-state index in [2.05, 4.69) is 58.3 Å². The van der Waals surface area contributed by atoms with Crippen molar-refractivity contribution in [3.05, 3.63) is 0 Å². The predicted octanol–water partition coefficient (Wildman–Crippen LogP) is 3.88. The molecule has 0 aromatic rings. The minimum atomic E-state index is -0.0535. The first-order valence-electron chi connectivity index (χ1n) is 10.2. The summed E-state index contributed by atoms with van der Waals surface area (Å²) >= 11 is 0. The standard InChI is InChI=1S/C22H39NO3/c1-21(2,3)23-15-18(16-23)17-24-11-9-7-8-10-12-25-19-13-20(14-19)26-22(4,5)6/h18-20H,7,9,11-17H2,1-6H3. The maximum Gasteiger partial charge on any atom is 0.108 e. The highest BCUT2D eigenvalue weighted by atomic mass is 16.5. The van der Waals surface area contributed by atoms with Gasteiger partial charge < -0.3 is 14.2 Å². The van der Waals surface area contributed by atoms with Crippen molar-refractivity contribution in [2.75, 3.05) is 32.9 Å². The molecule has 0 aromatic heterocycles. The van der Waals surface area contributed by atoms with Crippen LogP contribution >= 0.6 is 0 Å². The summed E-state index contributed by atoms with van der Waals surface area (Å²) in [7, 11) is 0. The Morgan fingerprint density at radius 3 is 2.27 bits per heavy atom. The van der Waals surface area contributed by atoms with Crippen molar-refractivity contribution >= 4 is 0 Å². The van der Waals surface area contributed by atoms with Crippen molar-refractivity contribution in [1.82, 2.24) is 4.90 Å². The average molecular weight is 366 g/mol. The molecule has 4 nitrogen and oxygen atoms in total. The van der Waals surface area contributed by atoms with E-state index < -0.39 is 0 Å². The van der Waals surface area contributed by atoms with Crippen LogP contribution in [0, 0.1) is 17.8 Å². The molecule has 0 unspecified atom stereocenters. The van der Waals surface area contributed by atoms with Crippen molar-refractivity contribution in [3.8, 4) is 11.8 Å². The van der Waals surface area contributed by atoms with Gasteiger partial charge in [-0.1, -0.05) is 5.92 Å². The zero-order valence-electron chi connectivity index (χ0n) is 17.8. The van der Waals surface area contributed by atoms with Gasteiger partial charge in [0, 0.05) is 50.4 Å². The second-order valence-corrected chi connectivity index (χ2v) is 9.73. The Labute approximate surface area is 160 Å². The molecule has 1 aliphatic heterocycles. The van der Waals surface area contributed by atoms with Crippen LogP contribution < -0.4 is 0 Å². The molecule has 0 amide bonds. The van der Waals surface area contributed by atoms with E-state index in [1.54, 1.807) is 0 Å². The first-order chi connectivity index (χ1) is 12.1. The number of rotatable bonds is 8. The van der Waals surface area contributed by atoms with Crippen LogP contribution in [0.2, 0.25) is 0 Å². The lowest BCUT2D eigenvalue weighted by molar-refractivity contribution is -0.144. The van der Waals surface area contributed by atoms with Gasteiger partial charge in [-0.2, -0.15) is 0 Å². The van der Waals surface area contributed by atoms with E-state index >= 15 is 0 Å². The SMILES string of the molecule is CC(C)(C)OC1CC(OCC#CCCCOCC2CN(C(C)(C)C)C2)C1. The average Bonchev–Trinajstić information content (AvgIpc) is 2.41. The molecular weight excluding hydrogens is 326 g/mol. The minimum absolute atomic E-state index is 0.0535. The van der Waals surface area contributed by atoms with Gasteiger partial charge in [-0.25, -0.2) is 0 Å². The highest BCUT2D eigenvalue weighted by Crippen LogP contribution is 2.29. The first-order valence-corrected chi connectivity index (χ1v) is 10.2. The Hall–Kier alpha value is -0.600. The molecule has 26 heavy (non-hydrogen) atoms. The fourth-order valence-corrected chi connectivity index (χ4v) is 3.28. The molecule has 1 heterocycles. The normalized spacial score (nSPS) is 24.5. The van der Waals surface area contributed by atoms with Crippen LogP contribution in [0.15, 0.2) is 0 Å². The number of hydrogen-bond donors (Lipinski definition) is 0. The summed E-state index contributed by atoms with van der Waals surface area (Å²) in [5, 5.41) is 0. The number of hydrogen-bond acceptors (Lipinski definition) is 4. The highest BCUT2D eigenvalue weighted by Gasteiger charge is 2.34. The third kappa shape index (κ3) is 7.96. The number of nitrogens with zero attached hydrogens (tertiary/aromatic N) is 1. The Morgan fingerprint density at radius 2 is 1.65 bits per heavy atom. The summed E-state index contributed by atoms with van der Waals surface area (Å²) in [6.45, 7) is 17.7. The molecule has 0 atom stereocenters. The lowest BCUT2D eigenvalue weighted by atomic mass is 9.91. The molecule has 0 spiro atoms. The van der Waals surface area contributed by atoms with Gasteiger partial charge in [0.1, 0.15) is 6.61 Å². The molecule has 0 bridgehead atoms. The molecule has 1 saturated carbocycles. The Bertz CT molecular complexity index is 468. The summed E-state index contributed by atoms with van der Waals surface area (Å²) in [6.07, 6.45) is 4.59. The lowest BCUT2D eigenvalue weighted by Crippen LogP contribution is -2.57. The molecule has 0 N–H and O–H groups in total. The molecular formula is C22H39NO3. The van der Waals surface area contributed by atoms with E-state index in [-0.39, 0.29) is 5.60 Å². The summed E-state index contributed by atoms with van der Waals surface area (Å²) in [5.41, 5.74) is 0.246. The zero-order valence-corrected chi connectivity index (χ0v) is 17.8. The van der Waals surface area contributed by atoms with Crippen LogP contribution in [0.25, 0.3) is 0 Å². The molecule has 4 heteroatoms. The van der Waals surface area contributed by atoms with Crippen molar-refractivity contribution in [2.45, 2.75) is 90.6 Å². The van der Waals surface area contributed by atoms with Crippen LogP contribution in [0.5, 0.6) is 0 Å². The van der Waals surface area contributed by atoms with Gasteiger partial charge in [0.25, 0.3) is 0 Å². The topological polar surface area (TPSA) is 30.9 Å². The van der Waals surface area contributed by atoms with Gasteiger partial charge in [-0.15, -0.1) is 5.92 Å². The maximum atomic E-state index is 5.91. The van der Waals surface area contributed by atoms with Crippen molar-refractivity contribution in [1.29, 1.82) is 0 Å². The molecule has 1 saturated heterocycles. The van der Waals surface area contributed by atoms with Crippen LogP contribution in [-0.4, -0.2) is 61.2 Å². The quantitative estimate of drug-likeness (QED) is 0.482. The largest absolute Gasteiger partial charge is 0.381 e. The van der Waals surface area contributed by atoms with Gasteiger partial charge in [0.2, 0.25) is 0 Å². The van der Waals surface area contributed by atoms with E-state index in [9.17, 15) is 0 Å². The van der Waals surface area contributed by atoms with Crippen LogP contribution in [0.4, 0.5) is 0 Å². The minimum Gasteiger partial charge on any atom is -0.381 e. The Kier molecular flexibility index (Phi) is 7.97. The Balaban J connectivity index is 1.37. The first kappa shape index (κ1) is 21.7. The molecule has 2 fully saturated rings. The third-order valence-corrected chi connectivity index (χ3v) is 4.94. The molecule has 0 radical (unpaired) electrons. The summed E-state index contributed by atoms with van der Waals surface area (Å²) in [4.78, 5) is 2.51.